The summed E-state index contributed by atoms with van der Waals surface area (Å²) in [6, 6.07) is 22.3. The van der Waals surface area contributed by atoms with Crippen molar-refractivity contribution in [1.29, 1.82) is 0 Å². The zero-order valence-corrected chi connectivity index (χ0v) is 43.1. The van der Waals surface area contributed by atoms with Crippen LogP contribution in [-0.2, 0) is 18.5 Å². The van der Waals surface area contributed by atoms with Crippen LogP contribution in [-0.4, -0.2) is 157 Å². The number of piperidine rings is 2. The second-order valence-electron chi connectivity index (χ2n) is 14.2. The first-order chi connectivity index (χ1) is 30.0. The van der Waals surface area contributed by atoms with Gasteiger partial charge >= 0.3 is 81.9 Å². The fraction of sp³-hybridized carbons (Fsp3) is 0.368. The third-order valence-electron chi connectivity index (χ3n) is 9.94. The molecule has 0 saturated carbocycles. The van der Waals surface area contributed by atoms with Crippen LogP contribution in [0.2, 0.25) is 23.7 Å². The topological polar surface area (TPSA) is 231 Å². The molecule has 0 bridgehead atoms. The summed E-state index contributed by atoms with van der Waals surface area (Å²) < 4.78 is 38.6. The number of imidazole rings is 1. The van der Waals surface area contributed by atoms with E-state index in [0.29, 0.717) is 21.4 Å². The van der Waals surface area contributed by atoms with Gasteiger partial charge in [-0.05, 0) is 116 Å². The number of hydrogen-bond acceptors (Lipinski definition) is 15. The normalized spacial score (nSPS) is 14.2. The molecule has 7 rings (SSSR count). The van der Waals surface area contributed by atoms with Gasteiger partial charge in [-0.25, -0.2) is 15.0 Å². The van der Waals surface area contributed by atoms with Gasteiger partial charge in [-0.1, -0.05) is 53.5 Å². The molecule has 63 heavy (non-hydrogen) atoms. The number of nitrogens with one attached hydrogen (secondary N) is 1. The Bertz CT molecular complexity index is 2520. The Morgan fingerprint density at radius 1 is 0.778 bits per heavy atom. The number of anilines is 1. The predicted octanol–water partition coefficient (Wildman–Crippen LogP) is 5.14. The molecule has 0 atom stereocenters. The van der Waals surface area contributed by atoms with Gasteiger partial charge in [0.15, 0.2) is 11.9 Å². The van der Waals surface area contributed by atoms with Crippen LogP contribution in [0.15, 0.2) is 72.8 Å². The number of halogens is 2. The summed E-state index contributed by atoms with van der Waals surface area (Å²) in [5.41, 5.74) is 5.01. The molecular weight excluding hydrogens is 915 g/mol. The number of carbonyl (C=O) groups is 1. The van der Waals surface area contributed by atoms with Crippen LogP contribution in [0.4, 0.5) is 11.5 Å². The molecule has 2 fully saturated rings. The van der Waals surface area contributed by atoms with Crippen molar-refractivity contribution in [3.05, 3.63) is 110 Å². The Morgan fingerprint density at radius 2 is 1.29 bits per heavy atom. The van der Waals surface area contributed by atoms with Crippen LogP contribution in [0.25, 0.3) is 22.6 Å². The van der Waals surface area contributed by atoms with E-state index in [1.807, 2.05) is 61.9 Å². The van der Waals surface area contributed by atoms with Crippen molar-refractivity contribution in [3.8, 4) is 11.4 Å². The SMILES string of the molecule is CB(O)N1CCC(Nc2nc(C)ccc2[N+](=O)[O-])CC1.CB(O)N1CCC(n2c(-c3ccccc3Cl)nc3ccc(C)nc32)CC1.O=Cc1ccccc1Cl.O=S(=O)=S(=O)=O.[Na][Na]. The summed E-state index contributed by atoms with van der Waals surface area (Å²) in [6.07, 6.45) is 4.30. The molecule has 2 saturated heterocycles. The van der Waals surface area contributed by atoms with E-state index in [1.54, 1.807) is 37.2 Å². The maximum absolute atomic E-state index is 11.0. The number of benzene rings is 2. The summed E-state index contributed by atoms with van der Waals surface area (Å²) in [5.74, 6) is 1.21. The molecule has 3 N–H and O–H groups in total. The van der Waals surface area contributed by atoms with Crippen LogP contribution < -0.4 is 5.32 Å². The van der Waals surface area contributed by atoms with Gasteiger partial charge in [0.05, 0.1) is 15.0 Å². The molecule has 2 aliphatic rings. The number of aromatic nitrogens is 4. The first kappa shape index (κ1) is 54.6. The number of fused-ring (bicyclic) bond motifs is 1. The first-order valence-electron chi connectivity index (χ1n) is 20.2. The molecule has 0 radical (unpaired) electrons. The van der Waals surface area contributed by atoms with E-state index >= 15 is 0 Å². The van der Waals surface area contributed by atoms with Crippen molar-refractivity contribution in [2.45, 2.75) is 65.3 Å². The third-order valence-corrected chi connectivity index (χ3v) is 11.5. The number of carbonyl (C=O) groups excluding carboxylic acids is 1. The van der Waals surface area contributed by atoms with Gasteiger partial charge in [0.2, 0.25) is 5.82 Å². The van der Waals surface area contributed by atoms with Gasteiger partial charge in [0.25, 0.3) is 0 Å². The van der Waals surface area contributed by atoms with Gasteiger partial charge in [-0.3, -0.25) is 14.9 Å². The molecule has 25 heteroatoms. The van der Waals surface area contributed by atoms with Crippen molar-refractivity contribution < 1.29 is 36.6 Å². The van der Waals surface area contributed by atoms with Crippen molar-refractivity contribution in [2.75, 3.05) is 31.5 Å². The second kappa shape index (κ2) is 27.7. The minimum atomic E-state index is -2.95. The molecule has 17 nitrogen and oxygen atoms in total. The summed E-state index contributed by atoms with van der Waals surface area (Å²) in [6.45, 7) is 10.6. The van der Waals surface area contributed by atoms with E-state index in [-0.39, 0.29) is 17.8 Å². The molecule has 0 aliphatic carbocycles. The van der Waals surface area contributed by atoms with Gasteiger partial charge < -0.3 is 29.6 Å². The van der Waals surface area contributed by atoms with Gasteiger partial charge in [0, 0.05) is 40.7 Å². The summed E-state index contributed by atoms with van der Waals surface area (Å²) in [5, 5.41) is 34.7. The van der Waals surface area contributed by atoms with Crippen LogP contribution in [0.3, 0.4) is 0 Å². The van der Waals surface area contributed by atoms with Crippen LogP contribution in [0.1, 0.15) is 53.5 Å². The Labute approximate surface area is 408 Å². The van der Waals surface area contributed by atoms with E-state index in [1.165, 1.54) is 49.7 Å². The molecule has 2 aromatic carbocycles. The fourth-order valence-corrected chi connectivity index (χ4v) is 7.15. The number of nitrogens with zero attached hydrogens (tertiary/aromatic N) is 7. The molecule has 0 amide bonds. The van der Waals surface area contributed by atoms with E-state index in [2.05, 4.69) is 19.7 Å². The molecular formula is C38H46B2Cl2N8Na2O9S2. The van der Waals surface area contributed by atoms with Crippen LogP contribution in [0, 0.1) is 24.0 Å². The average Bonchev–Trinajstić information content (AvgIpc) is 3.63. The number of aldehydes is 1. The Hall–Kier alpha value is -2.73. The Morgan fingerprint density at radius 3 is 1.78 bits per heavy atom. The van der Waals surface area contributed by atoms with E-state index in [9.17, 15) is 25.0 Å². The molecule has 5 aromatic rings. The van der Waals surface area contributed by atoms with Crippen LogP contribution in [0.5, 0.6) is 0 Å². The number of aryl methyl sites for hydroxylation is 2. The summed E-state index contributed by atoms with van der Waals surface area (Å²) in [7, 11) is -6.75. The molecule has 0 spiro atoms. The van der Waals surface area contributed by atoms with Gasteiger partial charge in [-0.2, -0.15) is 16.8 Å². The molecule has 0 unspecified atom stereocenters. The second-order valence-corrected chi connectivity index (χ2v) is 17.5. The molecule has 5 heterocycles. The van der Waals surface area contributed by atoms with E-state index in [4.69, 9.17) is 50.0 Å². The first-order valence-corrected chi connectivity index (χ1v) is 31.6. The fourth-order valence-electron chi connectivity index (χ4n) is 6.75. The zero-order chi connectivity index (χ0) is 46.8. The maximum atomic E-state index is 11.0. The average molecular weight is 961 g/mol. The Balaban J connectivity index is 0.000000251. The molecule has 3 aromatic heterocycles. The quantitative estimate of drug-likeness (QED) is 0.0791. The number of pyridine rings is 2. The van der Waals surface area contributed by atoms with Crippen molar-refractivity contribution in [3.63, 3.8) is 0 Å². The summed E-state index contributed by atoms with van der Waals surface area (Å²) >= 11 is 15.0. The van der Waals surface area contributed by atoms with Crippen molar-refractivity contribution >= 4 is 128 Å². The van der Waals surface area contributed by atoms with Crippen molar-refractivity contribution in [2.24, 2.45) is 0 Å². The monoisotopic (exact) mass is 960 g/mol. The van der Waals surface area contributed by atoms with Gasteiger partial charge in [-0.15, -0.1) is 0 Å². The standard InChI is InChI=1S/C19H22BClN4O.C12H19BN4O3.C7H5ClO.2Na.O4S2/c1-13-7-8-17-19(22-13)25(14-9-11-24(12-10-14)20(2)26)18(23-17)15-5-3-4-6-16(15)21;1-9-3-4-11(17(19)20)12(14-9)15-10-5-7-16(8-6-10)13(2)18;8-7-4-2-1-3-6(7)5-9;;;1-5(2)6(3)4/h3-8,14,26H,9-12H2,1-2H3;3-4,10,18H,5-8H2,1-2H3,(H,14,15);1-5H;;;. The zero-order valence-electron chi connectivity index (χ0n) is 35.9. The van der Waals surface area contributed by atoms with Crippen LogP contribution >= 0.6 is 23.2 Å². The summed E-state index contributed by atoms with van der Waals surface area (Å²) in [4.78, 5) is 38.7. The number of rotatable bonds is 8. The number of hydrogen-bond donors (Lipinski definition) is 3. The predicted molar refractivity (Wildman–Crippen MR) is 250 cm³/mol. The Kier molecular flexibility index (Phi) is 24.0. The number of nitro groups is 1. The van der Waals surface area contributed by atoms with Gasteiger partial charge in [0.1, 0.15) is 11.3 Å². The molecule has 2 aliphatic heterocycles. The van der Waals surface area contributed by atoms with Crippen molar-refractivity contribution in [1.82, 2.24) is 29.1 Å². The van der Waals surface area contributed by atoms with E-state index in [0.717, 1.165) is 92.1 Å². The molecule has 326 valence electrons. The van der Waals surface area contributed by atoms with E-state index < -0.39 is 37.6 Å². The third kappa shape index (κ3) is 16.9. The minimum absolute atomic E-state index is 0.00792.